The highest BCUT2D eigenvalue weighted by Crippen LogP contribution is 2.21. The van der Waals surface area contributed by atoms with E-state index in [0.29, 0.717) is 11.3 Å². The van der Waals surface area contributed by atoms with Crippen LogP contribution >= 0.6 is 0 Å². The van der Waals surface area contributed by atoms with Crippen molar-refractivity contribution in [1.29, 1.82) is 0 Å². The van der Waals surface area contributed by atoms with Crippen molar-refractivity contribution in [3.63, 3.8) is 0 Å². The van der Waals surface area contributed by atoms with Gasteiger partial charge in [-0.25, -0.2) is 0 Å². The number of hydrogen-bond acceptors (Lipinski definition) is 4. The van der Waals surface area contributed by atoms with Gasteiger partial charge in [-0.2, -0.15) is 0 Å². The van der Waals surface area contributed by atoms with Gasteiger partial charge in [0.15, 0.2) is 5.78 Å². The maximum absolute atomic E-state index is 12.5. The van der Waals surface area contributed by atoms with Crippen molar-refractivity contribution in [2.45, 2.75) is 32.6 Å². The van der Waals surface area contributed by atoms with E-state index in [1.54, 1.807) is 30.2 Å². The number of nitrogens with zero attached hydrogens (tertiary/aromatic N) is 2. The lowest BCUT2D eigenvalue weighted by molar-refractivity contribution is -0.129. The van der Waals surface area contributed by atoms with Crippen molar-refractivity contribution in [2.24, 2.45) is 0 Å². The number of amides is 1. The van der Waals surface area contributed by atoms with Gasteiger partial charge in [-0.3, -0.25) is 9.59 Å². The number of methoxy groups -OCH3 is 1. The van der Waals surface area contributed by atoms with E-state index in [0.717, 1.165) is 31.7 Å². The van der Waals surface area contributed by atoms with E-state index in [4.69, 9.17) is 4.74 Å². The summed E-state index contributed by atoms with van der Waals surface area (Å²) >= 11 is 0. The zero-order chi connectivity index (χ0) is 17.5. The molecule has 0 bridgehead atoms. The van der Waals surface area contributed by atoms with Gasteiger partial charge in [-0.15, -0.1) is 0 Å². The van der Waals surface area contributed by atoms with E-state index in [1.165, 1.54) is 26.2 Å². The number of likely N-dealkylation sites (N-methyl/N-ethyl adjacent to an activating group) is 1. The number of likely N-dealkylation sites (tertiary alicyclic amines) is 1. The van der Waals surface area contributed by atoms with Crippen molar-refractivity contribution in [3.05, 3.63) is 29.3 Å². The second-order valence-corrected chi connectivity index (χ2v) is 6.48. The molecule has 0 atom stereocenters. The maximum Gasteiger partial charge on any atom is 0.226 e. The smallest absolute Gasteiger partial charge is 0.226 e. The number of ether oxygens (including phenoxy) is 1. The van der Waals surface area contributed by atoms with Crippen LogP contribution in [0.25, 0.3) is 0 Å². The van der Waals surface area contributed by atoms with Crippen molar-refractivity contribution >= 4 is 11.7 Å². The Morgan fingerprint density at radius 2 is 1.92 bits per heavy atom. The van der Waals surface area contributed by atoms with Gasteiger partial charge in [0.05, 0.1) is 13.5 Å². The fourth-order valence-electron chi connectivity index (χ4n) is 3.03. The maximum atomic E-state index is 12.5. The molecular weight excluding hydrogens is 304 g/mol. The van der Waals surface area contributed by atoms with Crippen LogP contribution in [0.1, 0.15) is 42.1 Å². The van der Waals surface area contributed by atoms with E-state index < -0.39 is 0 Å². The van der Waals surface area contributed by atoms with Crippen LogP contribution in [-0.2, 0) is 11.2 Å². The molecule has 0 saturated carbocycles. The van der Waals surface area contributed by atoms with E-state index >= 15 is 0 Å². The van der Waals surface area contributed by atoms with Crippen molar-refractivity contribution in [3.8, 4) is 5.75 Å². The summed E-state index contributed by atoms with van der Waals surface area (Å²) in [5, 5.41) is 0. The molecular formula is C19H28N2O3. The average Bonchev–Trinajstić information content (AvgIpc) is 2.60. The Morgan fingerprint density at radius 3 is 2.54 bits per heavy atom. The van der Waals surface area contributed by atoms with Crippen LogP contribution in [-0.4, -0.2) is 61.8 Å². The molecule has 132 valence electrons. The van der Waals surface area contributed by atoms with Crippen LogP contribution < -0.4 is 4.74 Å². The Hall–Kier alpha value is -1.88. The van der Waals surface area contributed by atoms with E-state index in [-0.39, 0.29) is 18.1 Å². The lowest BCUT2D eigenvalue weighted by atomic mass is 10.0. The SMILES string of the molecule is COc1ccc(C(C)=O)cc1CC(=O)N(C)CCN1CCCCC1. The summed E-state index contributed by atoms with van der Waals surface area (Å²) in [5.41, 5.74) is 1.37. The Kier molecular flexibility index (Phi) is 6.79. The van der Waals surface area contributed by atoms with Gasteiger partial charge in [0.25, 0.3) is 0 Å². The fourth-order valence-corrected chi connectivity index (χ4v) is 3.03. The number of hydrogen-bond donors (Lipinski definition) is 0. The summed E-state index contributed by atoms with van der Waals surface area (Å²) in [6.45, 7) is 5.45. The first-order valence-electron chi connectivity index (χ1n) is 8.65. The molecule has 1 aliphatic heterocycles. The second kappa shape index (κ2) is 8.83. The molecule has 1 amide bonds. The first-order chi connectivity index (χ1) is 11.5. The van der Waals surface area contributed by atoms with Gasteiger partial charge in [-0.05, 0) is 51.1 Å². The first kappa shape index (κ1) is 18.5. The lowest BCUT2D eigenvalue weighted by Crippen LogP contribution is -2.39. The highest BCUT2D eigenvalue weighted by atomic mass is 16.5. The molecule has 1 aromatic carbocycles. The molecule has 1 fully saturated rings. The van der Waals surface area contributed by atoms with Crippen LogP contribution in [0.4, 0.5) is 0 Å². The third-order valence-electron chi connectivity index (χ3n) is 4.65. The van der Waals surface area contributed by atoms with Crippen LogP contribution in [0.5, 0.6) is 5.75 Å². The molecule has 0 radical (unpaired) electrons. The quantitative estimate of drug-likeness (QED) is 0.720. The zero-order valence-electron chi connectivity index (χ0n) is 15.0. The van der Waals surface area contributed by atoms with Crippen molar-refractivity contribution in [2.75, 3.05) is 40.3 Å². The van der Waals surface area contributed by atoms with E-state index in [9.17, 15) is 9.59 Å². The van der Waals surface area contributed by atoms with Gasteiger partial charge < -0.3 is 14.5 Å². The Labute approximate surface area is 144 Å². The van der Waals surface area contributed by atoms with Crippen LogP contribution in [0.3, 0.4) is 0 Å². The Morgan fingerprint density at radius 1 is 1.21 bits per heavy atom. The Balaban J connectivity index is 1.94. The van der Waals surface area contributed by atoms with E-state index in [2.05, 4.69) is 4.90 Å². The molecule has 1 saturated heterocycles. The lowest BCUT2D eigenvalue weighted by Gasteiger charge is -2.28. The van der Waals surface area contributed by atoms with Gasteiger partial charge in [0.1, 0.15) is 5.75 Å². The summed E-state index contributed by atoms with van der Waals surface area (Å²) in [5.74, 6) is 0.689. The van der Waals surface area contributed by atoms with Crippen molar-refractivity contribution < 1.29 is 14.3 Å². The van der Waals surface area contributed by atoms with Gasteiger partial charge in [0.2, 0.25) is 5.91 Å². The number of rotatable bonds is 7. The molecule has 1 aliphatic rings. The molecule has 5 heteroatoms. The topological polar surface area (TPSA) is 49.9 Å². The summed E-state index contributed by atoms with van der Waals surface area (Å²) in [6, 6.07) is 5.25. The van der Waals surface area contributed by atoms with Gasteiger partial charge in [0, 0.05) is 31.3 Å². The first-order valence-corrected chi connectivity index (χ1v) is 8.65. The number of Topliss-reactive ketones (excluding diaryl/α,β-unsaturated/α-hetero) is 1. The molecule has 0 N–H and O–H groups in total. The second-order valence-electron chi connectivity index (χ2n) is 6.48. The van der Waals surface area contributed by atoms with Gasteiger partial charge in [-0.1, -0.05) is 6.42 Å². The highest BCUT2D eigenvalue weighted by Gasteiger charge is 2.16. The number of benzene rings is 1. The number of piperidine rings is 1. The minimum atomic E-state index is -0.00944. The Bertz CT molecular complexity index is 580. The third-order valence-corrected chi connectivity index (χ3v) is 4.65. The molecule has 2 rings (SSSR count). The number of ketones is 1. The zero-order valence-corrected chi connectivity index (χ0v) is 15.0. The standard InChI is InChI=1S/C19H28N2O3/c1-15(22)16-7-8-18(24-3)17(13-16)14-19(23)20(2)11-12-21-9-5-4-6-10-21/h7-8,13H,4-6,9-12,14H2,1-3H3. The van der Waals surface area contributed by atoms with E-state index in [1.807, 2.05) is 7.05 Å². The molecule has 1 aromatic rings. The molecule has 5 nitrogen and oxygen atoms in total. The average molecular weight is 332 g/mol. The number of carbonyl (C=O) groups excluding carboxylic acids is 2. The normalized spacial score (nSPS) is 15.1. The molecule has 24 heavy (non-hydrogen) atoms. The summed E-state index contributed by atoms with van der Waals surface area (Å²) in [6.07, 6.45) is 4.08. The molecule has 0 aliphatic carbocycles. The fraction of sp³-hybridized carbons (Fsp3) is 0.579. The number of carbonyl (C=O) groups is 2. The highest BCUT2D eigenvalue weighted by molar-refractivity contribution is 5.94. The summed E-state index contributed by atoms with van der Waals surface area (Å²) < 4.78 is 5.33. The predicted molar refractivity (Wildman–Crippen MR) is 94.6 cm³/mol. The molecule has 0 unspecified atom stereocenters. The summed E-state index contributed by atoms with van der Waals surface area (Å²) in [4.78, 5) is 28.2. The molecule has 1 heterocycles. The minimum absolute atomic E-state index is 0.00944. The van der Waals surface area contributed by atoms with Crippen LogP contribution in [0.2, 0.25) is 0 Å². The van der Waals surface area contributed by atoms with Crippen LogP contribution in [0.15, 0.2) is 18.2 Å². The summed E-state index contributed by atoms with van der Waals surface area (Å²) in [7, 11) is 3.42. The largest absolute Gasteiger partial charge is 0.496 e. The van der Waals surface area contributed by atoms with Crippen LogP contribution in [0, 0.1) is 0 Å². The molecule has 0 aromatic heterocycles. The monoisotopic (exact) mass is 332 g/mol. The predicted octanol–water partition coefficient (Wildman–Crippen LogP) is 2.38. The van der Waals surface area contributed by atoms with Gasteiger partial charge >= 0.3 is 0 Å². The molecule has 0 spiro atoms. The van der Waals surface area contributed by atoms with Crippen molar-refractivity contribution in [1.82, 2.24) is 9.80 Å². The minimum Gasteiger partial charge on any atom is -0.496 e. The third kappa shape index (κ3) is 5.06.